The lowest BCUT2D eigenvalue weighted by molar-refractivity contribution is -0.870. The summed E-state index contributed by atoms with van der Waals surface area (Å²) < 4.78 is 22.6. The minimum Gasteiger partial charge on any atom is -0.545 e. The minimum atomic E-state index is -1.62. The molecule has 0 rings (SSSR count). The molecule has 9 heteroatoms. The van der Waals surface area contributed by atoms with E-state index >= 15 is 0 Å². The number of hydrogen-bond acceptors (Lipinski definition) is 8. The van der Waals surface area contributed by atoms with E-state index in [-0.39, 0.29) is 32.2 Å². The maximum absolute atomic E-state index is 12.8. The average molecular weight is 1060 g/mol. The number of carboxylic acid groups (broad SMARTS) is 1. The molecule has 0 aliphatic heterocycles. The van der Waals surface area contributed by atoms with Crippen molar-refractivity contribution in [3.8, 4) is 0 Å². The average Bonchev–Trinajstić information content (AvgIpc) is 3.39. The number of ether oxygens (including phenoxy) is 4. The highest BCUT2D eigenvalue weighted by Gasteiger charge is 2.22. The number of nitrogens with zero attached hydrogens (tertiary/aromatic N) is 1. The Kier molecular flexibility index (Phi) is 55.0. The van der Waals surface area contributed by atoms with Gasteiger partial charge >= 0.3 is 11.9 Å². The van der Waals surface area contributed by atoms with Crippen molar-refractivity contribution in [1.29, 1.82) is 0 Å². The molecule has 0 N–H and O–H groups in total. The molecule has 0 aliphatic carbocycles. The van der Waals surface area contributed by atoms with Crippen molar-refractivity contribution in [3.63, 3.8) is 0 Å². The summed E-state index contributed by atoms with van der Waals surface area (Å²) in [4.78, 5) is 37.1. The van der Waals surface area contributed by atoms with Crippen molar-refractivity contribution in [2.45, 2.75) is 277 Å². The largest absolute Gasteiger partial charge is 0.545 e. The Hall–Kier alpha value is -3.53. The Morgan fingerprint density at radius 3 is 1.12 bits per heavy atom. The molecule has 9 nitrogen and oxygen atoms in total. The van der Waals surface area contributed by atoms with Gasteiger partial charge in [0.05, 0.1) is 40.3 Å². The first-order valence-electron chi connectivity index (χ1n) is 31.2. The second-order valence-corrected chi connectivity index (χ2v) is 22.0. The van der Waals surface area contributed by atoms with Gasteiger partial charge in [-0.2, -0.15) is 0 Å². The highest BCUT2D eigenvalue weighted by Crippen LogP contribution is 2.17. The maximum atomic E-state index is 12.8. The van der Waals surface area contributed by atoms with Crippen molar-refractivity contribution in [1.82, 2.24) is 0 Å². The predicted octanol–water partition coefficient (Wildman–Crippen LogP) is 17.4. The van der Waals surface area contributed by atoms with Crippen LogP contribution >= 0.6 is 0 Å². The Bertz CT molecular complexity index is 1520. The van der Waals surface area contributed by atoms with Gasteiger partial charge in [-0.25, -0.2) is 0 Å². The summed E-state index contributed by atoms with van der Waals surface area (Å²) in [6.07, 6.45) is 73.9. The van der Waals surface area contributed by atoms with Crippen LogP contribution in [0, 0.1) is 0 Å². The van der Waals surface area contributed by atoms with Gasteiger partial charge in [-0.1, -0.05) is 266 Å². The summed E-state index contributed by atoms with van der Waals surface area (Å²) in [6.45, 7) is 4.63. The van der Waals surface area contributed by atoms with Gasteiger partial charge in [-0.3, -0.25) is 9.59 Å². The number of allylic oxidation sites excluding steroid dienone is 14. The summed E-state index contributed by atoms with van der Waals surface area (Å²) in [5.74, 6) is -2.28. The molecule has 0 aromatic heterocycles. The van der Waals surface area contributed by atoms with E-state index in [2.05, 4.69) is 98.9 Å². The fourth-order valence-electron chi connectivity index (χ4n) is 8.64. The Labute approximate surface area is 468 Å². The molecule has 0 bridgehead atoms. The molecular formula is C67H117NO8. The number of quaternary nitrogens is 1. The van der Waals surface area contributed by atoms with Crippen LogP contribution in [0.1, 0.15) is 264 Å². The summed E-state index contributed by atoms with van der Waals surface area (Å²) in [5, 5.41) is 11.7. The van der Waals surface area contributed by atoms with Gasteiger partial charge < -0.3 is 33.3 Å². The molecule has 2 atom stereocenters. The summed E-state index contributed by atoms with van der Waals surface area (Å²) in [6, 6.07) is 0. The summed E-state index contributed by atoms with van der Waals surface area (Å²) in [7, 11) is 5.92. The van der Waals surface area contributed by atoms with Crippen molar-refractivity contribution in [2.24, 2.45) is 0 Å². The van der Waals surface area contributed by atoms with Crippen LogP contribution in [0.3, 0.4) is 0 Å². The molecule has 438 valence electrons. The Morgan fingerprint density at radius 2 is 0.750 bits per heavy atom. The molecule has 0 amide bonds. The van der Waals surface area contributed by atoms with Gasteiger partial charge in [0.2, 0.25) is 0 Å². The predicted molar refractivity (Wildman–Crippen MR) is 320 cm³/mol. The van der Waals surface area contributed by atoms with E-state index < -0.39 is 24.3 Å². The van der Waals surface area contributed by atoms with Crippen LogP contribution in [-0.4, -0.2) is 82.3 Å². The number of rotatable bonds is 57. The van der Waals surface area contributed by atoms with Crippen molar-refractivity contribution in [3.05, 3.63) is 85.1 Å². The zero-order chi connectivity index (χ0) is 55.5. The van der Waals surface area contributed by atoms with E-state index in [4.69, 9.17) is 18.9 Å². The lowest BCUT2D eigenvalue weighted by Crippen LogP contribution is -2.44. The molecule has 0 aromatic rings. The molecule has 0 fully saturated rings. The lowest BCUT2D eigenvalue weighted by atomic mass is 10.0. The number of unbranched alkanes of at least 4 members (excludes halogenated alkanes) is 28. The number of hydrogen-bond donors (Lipinski definition) is 0. The molecule has 76 heavy (non-hydrogen) atoms. The second-order valence-electron chi connectivity index (χ2n) is 22.0. The molecule has 0 spiro atoms. The van der Waals surface area contributed by atoms with E-state index in [0.717, 1.165) is 77.0 Å². The lowest BCUT2D eigenvalue weighted by Gasteiger charge is -2.26. The van der Waals surface area contributed by atoms with Gasteiger partial charge in [-0.05, 0) is 70.6 Å². The number of carbonyl (C=O) groups is 3. The quantitative estimate of drug-likeness (QED) is 0.0195. The van der Waals surface area contributed by atoms with E-state index in [9.17, 15) is 19.5 Å². The highest BCUT2D eigenvalue weighted by atomic mass is 16.7. The van der Waals surface area contributed by atoms with Crippen molar-refractivity contribution < 1.29 is 42.9 Å². The van der Waals surface area contributed by atoms with E-state index in [1.54, 1.807) is 0 Å². The number of likely N-dealkylation sites (N-methyl/N-ethyl adjacent to an activating group) is 1. The molecule has 0 radical (unpaired) electrons. The molecule has 2 unspecified atom stereocenters. The molecule has 0 saturated heterocycles. The first-order valence-corrected chi connectivity index (χ1v) is 31.2. The summed E-state index contributed by atoms with van der Waals surface area (Å²) in [5.41, 5.74) is 0. The molecule has 0 heterocycles. The van der Waals surface area contributed by atoms with Gasteiger partial charge in [0.25, 0.3) is 0 Å². The van der Waals surface area contributed by atoms with E-state index in [1.807, 2.05) is 21.1 Å². The normalized spacial score (nSPS) is 13.3. The fraction of sp³-hybridized carbons (Fsp3) is 0.746. The summed E-state index contributed by atoms with van der Waals surface area (Å²) >= 11 is 0. The highest BCUT2D eigenvalue weighted by molar-refractivity contribution is 5.70. The SMILES string of the molecule is CC/C=C\C/C=C\C/C=C\C/C=C\C/C=C\C/C=C\C/C=C\CCCCCCCCCCCCCCCCCCCCCC(=O)OC(COC(=O)CCCCCCCCCCCC)COC(OCC[N+](C)(C)C)C(=O)[O-]. The monoisotopic (exact) mass is 1060 g/mol. The van der Waals surface area contributed by atoms with Crippen LogP contribution in [-0.2, 0) is 33.3 Å². The third-order valence-corrected chi connectivity index (χ3v) is 13.4. The Morgan fingerprint density at radius 1 is 0.408 bits per heavy atom. The molecule has 0 aliphatic rings. The zero-order valence-electron chi connectivity index (χ0n) is 49.9. The van der Waals surface area contributed by atoms with Crippen LogP contribution in [0.2, 0.25) is 0 Å². The fourth-order valence-corrected chi connectivity index (χ4v) is 8.64. The second kappa shape index (κ2) is 57.6. The van der Waals surface area contributed by atoms with Gasteiger partial charge in [0.1, 0.15) is 13.2 Å². The molecule has 0 saturated carbocycles. The number of carboxylic acids is 1. The van der Waals surface area contributed by atoms with Crippen molar-refractivity contribution in [2.75, 3.05) is 47.5 Å². The van der Waals surface area contributed by atoms with Crippen LogP contribution in [0.4, 0.5) is 0 Å². The standard InChI is InChI=1S/C67H117NO8/c1-6-8-10-12-14-16-18-19-20-21-22-23-24-25-26-27-28-29-30-31-32-33-34-35-36-37-38-39-40-41-42-43-44-45-46-47-48-50-52-54-56-58-65(70)76-63(62-75-67(66(71)72)73-60-59-68(3,4)5)61-74-64(69)57-55-53-51-49-17-15-13-11-9-7-2/h8,10,14,16,19-20,22-23,25-26,28-29,31-32,63,67H,6-7,9,11-13,15,17-18,21,24,27,30,33-62H2,1-5H3/b10-8-,16-14-,20-19-,23-22-,26-25-,29-28-,32-31-. The van der Waals surface area contributed by atoms with Gasteiger partial charge in [0, 0.05) is 12.8 Å². The van der Waals surface area contributed by atoms with Crippen molar-refractivity contribution >= 4 is 17.9 Å². The maximum Gasteiger partial charge on any atom is 0.306 e. The molecule has 0 aromatic carbocycles. The van der Waals surface area contributed by atoms with E-state index in [1.165, 1.54) is 154 Å². The smallest absolute Gasteiger partial charge is 0.306 e. The van der Waals surface area contributed by atoms with Crippen LogP contribution in [0.25, 0.3) is 0 Å². The third-order valence-electron chi connectivity index (χ3n) is 13.4. The Balaban J connectivity index is 3.93. The first kappa shape index (κ1) is 72.5. The van der Waals surface area contributed by atoms with E-state index in [0.29, 0.717) is 23.9 Å². The van der Waals surface area contributed by atoms with Crippen LogP contribution < -0.4 is 5.11 Å². The number of carbonyl (C=O) groups excluding carboxylic acids is 3. The number of esters is 2. The van der Waals surface area contributed by atoms with Gasteiger partial charge in [0.15, 0.2) is 12.4 Å². The topological polar surface area (TPSA) is 111 Å². The van der Waals surface area contributed by atoms with Crippen LogP contribution in [0.15, 0.2) is 85.1 Å². The zero-order valence-corrected chi connectivity index (χ0v) is 49.9. The van der Waals surface area contributed by atoms with Gasteiger partial charge in [-0.15, -0.1) is 0 Å². The van der Waals surface area contributed by atoms with Crippen LogP contribution in [0.5, 0.6) is 0 Å². The third kappa shape index (κ3) is 58.2. The first-order chi connectivity index (χ1) is 37.1. The molecular weight excluding hydrogens is 947 g/mol. The number of aliphatic carboxylic acids is 1. The minimum absolute atomic E-state index is 0.148.